The van der Waals surface area contributed by atoms with Crippen LogP contribution in [0.3, 0.4) is 0 Å². The zero-order chi connectivity index (χ0) is 16.5. The van der Waals surface area contributed by atoms with E-state index in [-0.39, 0.29) is 12.4 Å². The van der Waals surface area contributed by atoms with Gasteiger partial charge in [-0.1, -0.05) is 30.7 Å². The number of carbonyl (C=O) groups is 1. The van der Waals surface area contributed by atoms with Gasteiger partial charge in [0, 0.05) is 16.7 Å². The Bertz CT molecular complexity index is 740. The number of hydrogen-bond donors (Lipinski definition) is 0. The Kier molecular flexibility index (Phi) is 4.50. The fourth-order valence-corrected chi connectivity index (χ4v) is 4.96. The summed E-state index contributed by atoms with van der Waals surface area (Å²) in [5.41, 5.74) is -1.13. The molecule has 22 heavy (non-hydrogen) atoms. The van der Waals surface area contributed by atoms with E-state index < -0.39 is 32.4 Å². The average molecular weight is 342 g/mol. The van der Waals surface area contributed by atoms with Crippen molar-refractivity contribution in [3.63, 3.8) is 0 Å². The van der Waals surface area contributed by atoms with Crippen LogP contribution in [0.5, 0.6) is 0 Å². The van der Waals surface area contributed by atoms with E-state index in [0.29, 0.717) is 10.6 Å². The molecule has 7 heteroatoms. The Labute approximate surface area is 134 Å². The summed E-state index contributed by atoms with van der Waals surface area (Å²) in [6.07, 6.45) is 0. The summed E-state index contributed by atoms with van der Waals surface area (Å²) in [5.74, 6) is -1.68. The topological polar surface area (TPSA) is 84.2 Å². The fourth-order valence-electron chi connectivity index (χ4n) is 2.84. The quantitative estimate of drug-likeness (QED) is 0.767. The largest absolute Gasteiger partial charge is 0.465 e. The monoisotopic (exact) mass is 341 g/mol. The van der Waals surface area contributed by atoms with Crippen molar-refractivity contribution in [2.24, 2.45) is 5.41 Å². The van der Waals surface area contributed by atoms with Crippen LogP contribution in [0.15, 0.2) is 24.3 Å². The Morgan fingerprint density at radius 2 is 2.14 bits per heavy atom. The van der Waals surface area contributed by atoms with E-state index >= 15 is 0 Å². The number of nitriles is 1. The van der Waals surface area contributed by atoms with Crippen molar-refractivity contribution in [2.75, 3.05) is 12.4 Å². The lowest BCUT2D eigenvalue weighted by atomic mass is 10.0. The molecule has 0 heterocycles. The van der Waals surface area contributed by atoms with Gasteiger partial charge in [-0.3, -0.25) is 4.79 Å². The molecule has 0 bridgehead atoms. The second-order valence-electron chi connectivity index (χ2n) is 5.11. The molecule has 0 radical (unpaired) electrons. The maximum Gasteiger partial charge on any atom is 0.328 e. The first-order chi connectivity index (χ1) is 10.3. The molecule has 0 saturated heterocycles. The number of nitrogens with zero attached hydrogens (tertiary/aromatic N) is 1. The summed E-state index contributed by atoms with van der Waals surface area (Å²) in [6, 6.07) is 8.47. The second-order valence-corrected chi connectivity index (χ2v) is 7.95. The molecule has 5 nitrogen and oxygen atoms in total. The number of esters is 1. The van der Waals surface area contributed by atoms with Crippen molar-refractivity contribution in [3.05, 3.63) is 34.9 Å². The first-order valence-electron chi connectivity index (χ1n) is 6.90. The lowest BCUT2D eigenvalue weighted by molar-refractivity contribution is -0.147. The molecule has 1 aliphatic rings. The summed E-state index contributed by atoms with van der Waals surface area (Å²) in [4.78, 5) is 12.3. The molecule has 3 atom stereocenters. The molecule has 0 spiro atoms. The molecule has 0 N–H and O–H groups in total. The molecule has 0 aromatic heterocycles. The molecule has 1 saturated carbocycles. The molecular formula is C15H16ClNO4S. The summed E-state index contributed by atoms with van der Waals surface area (Å²) < 4.78 is 29.6. The van der Waals surface area contributed by atoms with Crippen molar-refractivity contribution in [3.8, 4) is 6.07 Å². The van der Waals surface area contributed by atoms with Gasteiger partial charge >= 0.3 is 5.97 Å². The van der Waals surface area contributed by atoms with Crippen LogP contribution < -0.4 is 0 Å². The number of rotatable bonds is 5. The third kappa shape index (κ3) is 2.49. The minimum atomic E-state index is -3.58. The van der Waals surface area contributed by atoms with Crippen molar-refractivity contribution in [1.82, 2.24) is 0 Å². The first kappa shape index (κ1) is 16.8. The number of ether oxygens (including phenoxy) is 1. The third-order valence-corrected chi connectivity index (χ3v) is 6.39. The van der Waals surface area contributed by atoms with Crippen LogP contribution in [0, 0.1) is 16.7 Å². The molecule has 2 rings (SSSR count). The highest BCUT2D eigenvalue weighted by atomic mass is 35.5. The van der Waals surface area contributed by atoms with Gasteiger partial charge in [0.25, 0.3) is 0 Å². The average Bonchev–Trinajstić information content (AvgIpc) is 3.19. The molecule has 0 unspecified atom stereocenters. The van der Waals surface area contributed by atoms with Gasteiger partial charge in [-0.05, 0) is 24.6 Å². The molecule has 0 amide bonds. The predicted octanol–water partition coefficient (Wildman–Crippen LogP) is 2.31. The lowest BCUT2D eigenvalue weighted by Crippen LogP contribution is -2.26. The van der Waals surface area contributed by atoms with Gasteiger partial charge in [0.2, 0.25) is 0 Å². The smallest absolute Gasteiger partial charge is 0.328 e. The van der Waals surface area contributed by atoms with E-state index in [9.17, 15) is 18.5 Å². The third-order valence-electron chi connectivity index (χ3n) is 3.93. The summed E-state index contributed by atoms with van der Waals surface area (Å²) in [5, 5.41) is 8.87. The van der Waals surface area contributed by atoms with E-state index in [1.807, 2.05) is 6.07 Å². The highest BCUT2D eigenvalue weighted by Gasteiger charge is 2.77. The van der Waals surface area contributed by atoms with Gasteiger partial charge in [-0.15, -0.1) is 0 Å². The highest BCUT2D eigenvalue weighted by molar-refractivity contribution is 7.92. The standard InChI is InChI=1S/C15H16ClNO4S/c1-3-21-14(18)15(9-17)12(13(15)22(19,20)4-2)10-6-5-7-11(16)8-10/h5-8,12-13H,3-4H2,1-2H3/t12-,13-,15-/m1/s1. The Hall–Kier alpha value is -1.58. The van der Waals surface area contributed by atoms with Crippen LogP contribution in [0.25, 0.3) is 0 Å². The van der Waals surface area contributed by atoms with Gasteiger partial charge in [0.1, 0.15) is 5.25 Å². The van der Waals surface area contributed by atoms with Crippen molar-refractivity contribution in [1.29, 1.82) is 5.26 Å². The summed E-state index contributed by atoms with van der Waals surface area (Å²) >= 11 is 5.94. The number of benzene rings is 1. The van der Waals surface area contributed by atoms with Crippen molar-refractivity contribution < 1.29 is 17.9 Å². The summed E-state index contributed by atoms with van der Waals surface area (Å²) in [6.45, 7) is 3.20. The highest BCUT2D eigenvalue weighted by Crippen LogP contribution is 2.63. The summed E-state index contributed by atoms with van der Waals surface area (Å²) in [7, 11) is -3.58. The van der Waals surface area contributed by atoms with Crippen LogP contribution in [-0.4, -0.2) is 32.0 Å². The van der Waals surface area contributed by atoms with Gasteiger partial charge in [-0.25, -0.2) is 8.42 Å². The number of carbonyl (C=O) groups excluding carboxylic acids is 1. The lowest BCUT2D eigenvalue weighted by Gasteiger charge is -2.08. The van der Waals surface area contributed by atoms with Gasteiger partial charge in [0.05, 0.1) is 12.7 Å². The Balaban J connectivity index is 2.55. The number of hydrogen-bond acceptors (Lipinski definition) is 5. The molecule has 0 aliphatic heterocycles. The van der Waals surface area contributed by atoms with E-state index in [1.165, 1.54) is 6.92 Å². The zero-order valence-electron chi connectivity index (χ0n) is 12.2. The molecule has 1 aromatic rings. The molecule has 1 aliphatic carbocycles. The van der Waals surface area contributed by atoms with Crippen molar-refractivity contribution >= 4 is 27.4 Å². The van der Waals surface area contributed by atoms with E-state index in [1.54, 1.807) is 31.2 Å². The van der Waals surface area contributed by atoms with Crippen LogP contribution in [0.4, 0.5) is 0 Å². The second kappa shape index (κ2) is 5.90. The molecule has 1 fully saturated rings. The molecule has 1 aromatic carbocycles. The van der Waals surface area contributed by atoms with Crippen LogP contribution >= 0.6 is 11.6 Å². The minimum Gasteiger partial charge on any atom is -0.465 e. The number of halogens is 1. The first-order valence-corrected chi connectivity index (χ1v) is 9.00. The van der Waals surface area contributed by atoms with Crippen LogP contribution in [0.2, 0.25) is 5.02 Å². The Morgan fingerprint density at radius 1 is 1.45 bits per heavy atom. The number of sulfone groups is 1. The molecule has 118 valence electrons. The zero-order valence-corrected chi connectivity index (χ0v) is 13.8. The van der Waals surface area contributed by atoms with Crippen LogP contribution in [0.1, 0.15) is 25.3 Å². The predicted molar refractivity (Wildman–Crippen MR) is 82.1 cm³/mol. The minimum absolute atomic E-state index is 0.0867. The molecular weight excluding hydrogens is 326 g/mol. The van der Waals surface area contributed by atoms with E-state index in [0.717, 1.165) is 0 Å². The maximum absolute atomic E-state index is 12.3. The SMILES string of the molecule is CCOC(=O)[C@]1(C#N)[C@H](c2cccc(Cl)c2)[C@H]1S(=O)(=O)CC. The normalized spacial score (nSPS) is 27.0. The van der Waals surface area contributed by atoms with Gasteiger partial charge in [0.15, 0.2) is 15.3 Å². The fraction of sp³-hybridized carbons (Fsp3) is 0.467. The van der Waals surface area contributed by atoms with Crippen molar-refractivity contribution in [2.45, 2.75) is 25.0 Å². The Morgan fingerprint density at radius 3 is 2.64 bits per heavy atom. The van der Waals surface area contributed by atoms with Gasteiger partial charge < -0.3 is 4.74 Å². The van der Waals surface area contributed by atoms with Crippen LogP contribution in [-0.2, 0) is 19.4 Å². The van der Waals surface area contributed by atoms with E-state index in [2.05, 4.69) is 0 Å². The van der Waals surface area contributed by atoms with Gasteiger partial charge in [-0.2, -0.15) is 5.26 Å². The van der Waals surface area contributed by atoms with E-state index in [4.69, 9.17) is 16.3 Å². The maximum atomic E-state index is 12.3.